The Morgan fingerprint density at radius 3 is 2.06 bits per heavy atom. The van der Waals surface area contributed by atoms with Crippen LogP contribution in [-0.2, 0) is 32.6 Å². The maximum absolute atomic E-state index is 14.7. The fourth-order valence-corrected chi connectivity index (χ4v) is 6.76. The lowest BCUT2D eigenvalue weighted by atomic mass is 10.0. The lowest BCUT2D eigenvalue weighted by Crippen LogP contribution is -2.56. The van der Waals surface area contributed by atoms with E-state index >= 15 is 0 Å². The maximum Gasteiger partial charge on any atom is 0.264 e. The summed E-state index contributed by atoms with van der Waals surface area (Å²) in [5.74, 6) is 0.00668. The Kier molecular flexibility index (Phi) is 10.2. The number of rotatable bonds is 11. The van der Waals surface area contributed by atoms with E-state index in [9.17, 15) is 18.0 Å². The number of amides is 2. The largest absolute Gasteiger partial charge is 0.486 e. The van der Waals surface area contributed by atoms with Crippen LogP contribution in [0.15, 0.2) is 108 Å². The molecule has 9 nitrogen and oxygen atoms in total. The molecule has 0 bridgehead atoms. The molecule has 4 aromatic rings. The smallest absolute Gasteiger partial charge is 0.264 e. The van der Waals surface area contributed by atoms with Gasteiger partial charge in [-0.2, -0.15) is 0 Å². The molecule has 246 valence electrons. The van der Waals surface area contributed by atoms with Crippen molar-refractivity contribution in [2.45, 2.75) is 57.1 Å². The van der Waals surface area contributed by atoms with Crippen molar-refractivity contribution in [2.75, 3.05) is 24.1 Å². The van der Waals surface area contributed by atoms with Crippen LogP contribution < -0.4 is 19.1 Å². The van der Waals surface area contributed by atoms with Gasteiger partial charge in [-0.15, -0.1) is 0 Å². The molecule has 0 aromatic heterocycles. The summed E-state index contributed by atoms with van der Waals surface area (Å²) in [4.78, 5) is 30.2. The van der Waals surface area contributed by atoms with Crippen molar-refractivity contribution in [2.24, 2.45) is 0 Å². The van der Waals surface area contributed by atoms with E-state index in [4.69, 9.17) is 9.47 Å². The predicted octanol–water partition coefficient (Wildman–Crippen LogP) is 5.52. The zero-order valence-electron chi connectivity index (χ0n) is 27.2. The first kappa shape index (κ1) is 33.5. The Bertz CT molecular complexity index is 1790. The molecule has 5 rings (SSSR count). The summed E-state index contributed by atoms with van der Waals surface area (Å²) in [6.07, 6.45) is 0.232. The zero-order chi connectivity index (χ0) is 33.6. The monoisotopic (exact) mass is 655 g/mol. The minimum absolute atomic E-state index is 0.0269. The van der Waals surface area contributed by atoms with Gasteiger partial charge in [0.25, 0.3) is 10.0 Å². The fraction of sp³-hybridized carbons (Fsp3) is 0.297. The van der Waals surface area contributed by atoms with Crippen molar-refractivity contribution in [3.05, 3.63) is 120 Å². The lowest BCUT2D eigenvalue weighted by molar-refractivity contribution is -0.140. The van der Waals surface area contributed by atoms with E-state index in [1.54, 1.807) is 36.4 Å². The van der Waals surface area contributed by atoms with Crippen LogP contribution in [0.2, 0.25) is 0 Å². The number of aryl methyl sites for hydroxylation is 1. The third-order valence-corrected chi connectivity index (χ3v) is 9.45. The highest BCUT2D eigenvalue weighted by atomic mass is 32.2. The summed E-state index contributed by atoms with van der Waals surface area (Å²) < 4.78 is 41.0. The molecule has 1 N–H and O–H groups in total. The Morgan fingerprint density at radius 1 is 0.809 bits per heavy atom. The summed E-state index contributed by atoms with van der Waals surface area (Å²) in [5, 5.41) is 3.05. The molecular weight excluding hydrogens is 614 g/mol. The quantitative estimate of drug-likeness (QED) is 0.228. The van der Waals surface area contributed by atoms with Gasteiger partial charge in [-0.25, -0.2) is 8.42 Å². The number of hydrogen-bond donors (Lipinski definition) is 1. The van der Waals surface area contributed by atoms with Crippen LogP contribution in [0.3, 0.4) is 0 Å². The number of hydrogen-bond acceptors (Lipinski definition) is 6. The van der Waals surface area contributed by atoms with Crippen LogP contribution in [0.1, 0.15) is 37.5 Å². The summed E-state index contributed by atoms with van der Waals surface area (Å²) >= 11 is 0. The first-order valence-corrected chi connectivity index (χ1v) is 17.0. The minimum atomic E-state index is -4.23. The Balaban J connectivity index is 1.59. The second kappa shape index (κ2) is 14.3. The Labute approximate surface area is 277 Å². The molecule has 1 aliphatic heterocycles. The van der Waals surface area contributed by atoms with Crippen LogP contribution in [0.25, 0.3) is 0 Å². The molecule has 1 aliphatic rings. The van der Waals surface area contributed by atoms with E-state index in [2.05, 4.69) is 5.32 Å². The normalized spacial score (nSPS) is 13.4. The van der Waals surface area contributed by atoms with Gasteiger partial charge >= 0.3 is 0 Å². The van der Waals surface area contributed by atoms with E-state index in [-0.39, 0.29) is 29.5 Å². The first-order chi connectivity index (χ1) is 22.4. The van der Waals surface area contributed by atoms with Gasteiger partial charge in [-0.1, -0.05) is 78.4 Å². The van der Waals surface area contributed by atoms with Gasteiger partial charge in [0.05, 0.1) is 10.6 Å². The molecule has 0 spiro atoms. The average molecular weight is 656 g/mol. The molecule has 47 heavy (non-hydrogen) atoms. The lowest BCUT2D eigenvalue weighted by Gasteiger charge is -2.35. The van der Waals surface area contributed by atoms with E-state index in [1.165, 1.54) is 17.0 Å². The number of nitrogens with one attached hydrogen (secondary N) is 1. The number of sulfonamides is 1. The highest BCUT2D eigenvalue weighted by Gasteiger charge is 2.36. The summed E-state index contributed by atoms with van der Waals surface area (Å²) in [5.41, 5.74) is 2.39. The van der Waals surface area contributed by atoms with Crippen LogP contribution in [0.4, 0.5) is 5.69 Å². The van der Waals surface area contributed by atoms with Gasteiger partial charge in [0.15, 0.2) is 11.5 Å². The van der Waals surface area contributed by atoms with E-state index in [0.29, 0.717) is 24.7 Å². The maximum atomic E-state index is 14.7. The second-order valence-electron chi connectivity index (χ2n) is 12.6. The standard InChI is InChI=1S/C37H41N3O6S/c1-27-15-17-29(18-16-27)25-39(32(36(42)38-37(2,3)4)23-28-11-7-5-8-12-28)35(41)26-40(47(43,44)31-13-9-6-10-14-31)30-19-20-33-34(24-30)46-22-21-45-33/h5-20,24,32H,21-23,25-26H2,1-4H3,(H,38,42). The third-order valence-electron chi connectivity index (χ3n) is 7.67. The van der Waals surface area contributed by atoms with Gasteiger partial charge in [0.2, 0.25) is 11.8 Å². The zero-order valence-corrected chi connectivity index (χ0v) is 28.0. The summed E-state index contributed by atoms with van der Waals surface area (Å²) in [6, 6.07) is 29.0. The molecule has 1 heterocycles. The van der Waals surface area contributed by atoms with Crippen molar-refractivity contribution in [3.63, 3.8) is 0 Å². The van der Waals surface area contributed by atoms with E-state index in [1.807, 2.05) is 82.3 Å². The van der Waals surface area contributed by atoms with E-state index < -0.39 is 34.1 Å². The molecule has 0 saturated heterocycles. The van der Waals surface area contributed by atoms with Crippen molar-refractivity contribution in [1.29, 1.82) is 0 Å². The number of benzene rings is 4. The SMILES string of the molecule is Cc1ccc(CN(C(=O)CN(c2ccc3c(c2)OCCO3)S(=O)(=O)c2ccccc2)C(Cc2ccccc2)C(=O)NC(C)(C)C)cc1. The number of ether oxygens (including phenoxy) is 2. The van der Waals surface area contributed by atoms with Crippen molar-refractivity contribution >= 4 is 27.5 Å². The average Bonchev–Trinajstić information content (AvgIpc) is 3.05. The third kappa shape index (κ3) is 8.51. The topological polar surface area (TPSA) is 105 Å². The summed E-state index contributed by atoms with van der Waals surface area (Å²) in [6.45, 7) is 7.85. The molecule has 0 aliphatic carbocycles. The predicted molar refractivity (Wildman–Crippen MR) is 182 cm³/mol. The molecule has 0 fully saturated rings. The number of anilines is 1. The number of nitrogens with zero attached hydrogens (tertiary/aromatic N) is 2. The molecule has 4 aromatic carbocycles. The van der Waals surface area contributed by atoms with Gasteiger partial charge < -0.3 is 19.7 Å². The fourth-order valence-electron chi connectivity index (χ4n) is 5.33. The van der Waals surface area contributed by atoms with Crippen LogP contribution in [-0.4, -0.2) is 56.5 Å². The van der Waals surface area contributed by atoms with Crippen molar-refractivity contribution < 1.29 is 27.5 Å². The highest BCUT2D eigenvalue weighted by Crippen LogP contribution is 2.36. The second-order valence-corrected chi connectivity index (χ2v) is 14.5. The van der Waals surface area contributed by atoms with Crippen molar-refractivity contribution in [3.8, 4) is 11.5 Å². The number of carbonyl (C=O) groups excluding carboxylic acids is 2. The molecule has 1 unspecified atom stereocenters. The Hall–Kier alpha value is -4.83. The van der Waals surface area contributed by atoms with Crippen molar-refractivity contribution in [1.82, 2.24) is 10.2 Å². The van der Waals surface area contributed by atoms with Gasteiger partial charge in [0.1, 0.15) is 25.8 Å². The highest BCUT2D eigenvalue weighted by molar-refractivity contribution is 7.92. The first-order valence-electron chi connectivity index (χ1n) is 15.6. The number of carbonyl (C=O) groups is 2. The minimum Gasteiger partial charge on any atom is -0.486 e. The van der Waals surface area contributed by atoms with Crippen LogP contribution >= 0.6 is 0 Å². The van der Waals surface area contributed by atoms with Gasteiger partial charge in [0, 0.05) is 24.6 Å². The molecule has 0 radical (unpaired) electrons. The van der Waals surface area contributed by atoms with E-state index in [0.717, 1.165) is 21.0 Å². The van der Waals surface area contributed by atoms with Gasteiger partial charge in [-0.3, -0.25) is 13.9 Å². The van der Waals surface area contributed by atoms with Crippen LogP contribution in [0, 0.1) is 6.92 Å². The molecule has 2 amide bonds. The molecule has 1 atom stereocenters. The van der Waals surface area contributed by atoms with Gasteiger partial charge in [-0.05, 0) is 63.1 Å². The molecule has 0 saturated carbocycles. The summed E-state index contributed by atoms with van der Waals surface area (Å²) in [7, 11) is -4.23. The Morgan fingerprint density at radius 2 is 1.43 bits per heavy atom. The van der Waals surface area contributed by atoms with Crippen LogP contribution in [0.5, 0.6) is 11.5 Å². The number of fused-ring (bicyclic) bond motifs is 1. The molecular formula is C37H41N3O6S. The molecule has 10 heteroatoms.